The van der Waals surface area contributed by atoms with Crippen molar-refractivity contribution >= 4 is 0 Å². The largest absolute Gasteiger partial charge is 0.395 e. The first-order valence-corrected chi connectivity index (χ1v) is 6.21. The molecule has 15 heavy (non-hydrogen) atoms. The highest BCUT2D eigenvalue weighted by molar-refractivity contribution is 4.54. The number of rotatable bonds is 9. The van der Waals surface area contributed by atoms with Crippen molar-refractivity contribution in [3.63, 3.8) is 0 Å². The molecule has 0 rings (SSSR count). The molecule has 0 atom stereocenters. The Bertz CT molecular complexity index is 149. The van der Waals surface area contributed by atoms with Crippen molar-refractivity contribution in [3.05, 3.63) is 0 Å². The van der Waals surface area contributed by atoms with Crippen molar-refractivity contribution in [1.82, 2.24) is 4.90 Å². The normalized spacial score (nSPS) is 12.4. The smallest absolute Gasteiger partial charge is 0.0794 e. The molecule has 0 aromatic heterocycles. The molecule has 3 nitrogen and oxygen atoms in total. The molecule has 0 aliphatic heterocycles. The molecule has 0 amide bonds. The standard InChI is InChI=1S/C12H29N2O/c1-5-10-14(3,4)11-7-8-13(6-2)9-12-15/h15H,5-12H2,1-4H3/q+1. The highest BCUT2D eigenvalue weighted by Gasteiger charge is 2.13. The predicted octanol–water partition coefficient (Wildman–Crippen LogP) is 1.18. The van der Waals surface area contributed by atoms with Gasteiger partial charge in [0, 0.05) is 19.5 Å². The van der Waals surface area contributed by atoms with Gasteiger partial charge in [-0.25, -0.2) is 0 Å². The molecule has 3 heteroatoms. The molecule has 1 N–H and O–H groups in total. The zero-order valence-electron chi connectivity index (χ0n) is 11.0. The molecule has 0 radical (unpaired) electrons. The number of likely N-dealkylation sites (N-methyl/N-ethyl adjacent to an activating group) is 1. The van der Waals surface area contributed by atoms with Crippen molar-refractivity contribution in [2.24, 2.45) is 0 Å². The first kappa shape index (κ1) is 14.9. The summed E-state index contributed by atoms with van der Waals surface area (Å²) in [5.41, 5.74) is 0. The maximum absolute atomic E-state index is 8.87. The van der Waals surface area contributed by atoms with Gasteiger partial charge >= 0.3 is 0 Å². The highest BCUT2D eigenvalue weighted by Crippen LogP contribution is 2.02. The molecule has 0 unspecified atom stereocenters. The Morgan fingerprint density at radius 3 is 2.20 bits per heavy atom. The lowest BCUT2D eigenvalue weighted by molar-refractivity contribution is -0.890. The fourth-order valence-corrected chi connectivity index (χ4v) is 2.01. The van der Waals surface area contributed by atoms with Crippen LogP contribution in [0.3, 0.4) is 0 Å². The number of quaternary nitrogens is 1. The van der Waals surface area contributed by atoms with E-state index < -0.39 is 0 Å². The quantitative estimate of drug-likeness (QED) is 0.586. The topological polar surface area (TPSA) is 23.5 Å². The molecular formula is C12H29N2O+. The van der Waals surface area contributed by atoms with Crippen molar-refractivity contribution in [1.29, 1.82) is 0 Å². The van der Waals surface area contributed by atoms with E-state index in [1.54, 1.807) is 0 Å². The van der Waals surface area contributed by atoms with Crippen molar-refractivity contribution in [2.45, 2.75) is 26.7 Å². The van der Waals surface area contributed by atoms with Crippen LogP contribution in [0.5, 0.6) is 0 Å². The van der Waals surface area contributed by atoms with E-state index in [4.69, 9.17) is 5.11 Å². The number of aliphatic hydroxyl groups is 1. The molecule has 0 aliphatic carbocycles. The number of hydrogen-bond acceptors (Lipinski definition) is 2. The van der Waals surface area contributed by atoms with Gasteiger partial charge in [0.25, 0.3) is 0 Å². The van der Waals surface area contributed by atoms with Crippen molar-refractivity contribution < 1.29 is 9.59 Å². The zero-order valence-corrected chi connectivity index (χ0v) is 11.0. The monoisotopic (exact) mass is 217 g/mol. The summed E-state index contributed by atoms with van der Waals surface area (Å²) in [4.78, 5) is 2.31. The summed E-state index contributed by atoms with van der Waals surface area (Å²) in [5.74, 6) is 0. The molecule has 0 saturated carbocycles. The molecule has 92 valence electrons. The SMILES string of the molecule is CCC[N+](C)(C)CCCN(CC)CCO. The van der Waals surface area contributed by atoms with E-state index in [2.05, 4.69) is 32.8 Å². The Labute approximate surface area is 95.3 Å². The summed E-state index contributed by atoms with van der Waals surface area (Å²) in [5, 5.41) is 8.87. The van der Waals surface area contributed by atoms with E-state index in [1.807, 2.05) is 0 Å². The van der Waals surface area contributed by atoms with E-state index in [-0.39, 0.29) is 6.61 Å². The minimum Gasteiger partial charge on any atom is -0.395 e. The van der Waals surface area contributed by atoms with Crippen LogP contribution < -0.4 is 0 Å². The third-order valence-corrected chi connectivity index (χ3v) is 2.93. The van der Waals surface area contributed by atoms with Crippen LogP contribution >= 0.6 is 0 Å². The van der Waals surface area contributed by atoms with Crippen LogP contribution in [-0.4, -0.2) is 67.9 Å². The minimum absolute atomic E-state index is 0.279. The van der Waals surface area contributed by atoms with Crippen LogP contribution in [0.2, 0.25) is 0 Å². The number of nitrogens with zero attached hydrogens (tertiary/aromatic N) is 2. The molecule has 0 spiro atoms. The summed E-state index contributed by atoms with van der Waals surface area (Å²) >= 11 is 0. The third kappa shape index (κ3) is 7.77. The molecule has 0 aromatic carbocycles. The lowest BCUT2D eigenvalue weighted by atomic mass is 10.3. The van der Waals surface area contributed by atoms with E-state index in [0.717, 1.165) is 24.1 Å². The second kappa shape index (κ2) is 8.08. The van der Waals surface area contributed by atoms with Gasteiger partial charge in [-0.05, 0) is 13.0 Å². The summed E-state index contributed by atoms with van der Waals surface area (Å²) < 4.78 is 1.12. The van der Waals surface area contributed by atoms with Gasteiger partial charge in [0.15, 0.2) is 0 Å². The van der Waals surface area contributed by atoms with E-state index >= 15 is 0 Å². The van der Waals surface area contributed by atoms with Gasteiger partial charge < -0.3 is 14.5 Å². The molecule has 0 fully saturated rings. The molecule has 0 bridgehead atoms. The Morgan fingerprint density at radius 1 is 1.07 bits per heavy atom. The Balaban J connectivity index is 3.66. The summed E-state index contributed by atoms with van der Waals surface area (Å²) in [7, 11) is 4.59. The molecule has 0 heterocycles. The van der Waals surface area contributed by atoms with E-state index in [9.17, 15) is 0 Å². The van der Waals surface area contributed by atoms with E-state index in [0.29, 0.717) is 0 Å². The van der Waals surface area contributed by atoms with Crippen molar-refractivity contribution in [2.75, 3.05) is 53.4 Å². The zero-order chi connectivity index (χ0) is 11.7. The molecular weight excluding hydrogens is 188 g/mol. The maximum Gasteiger partial charge on any atom is 0.0794 e. The summed E-state index contributed by atoms with van der Waals surface area (Å²) in [6.07, 6.45) is 2.47. The second-order valence-electron chi connectivity index (χ2n) is 4.89. The Morgan fingerprint density at radius 2 is 1.73 bits per heavy atom. The molecule has 0 saturated heterocycles. The lowest BCUT2D eigenvalue weighted by Gasteiger charge is -2.30. The average Bonchev–Trinajstić information content (AvgIpc) is 2.16. The predicted molar refractivity (Wildman–Crippen MR) is 66.0 cm³/mol. The molecule has 0 aromatic rings. The number of hydrogen-bond donors (Lipinski definition) is 1. The second-order valence-corrected chi connectivity index (χ2v) is 4.89. The number of aliphatic hydroxyl groups excluding tert-OH is 1. The van der Waals surface area contributed by atoms with Gasteiger partial charge in [0.1, 0.15) is 0 Å². The van der Waals surface area contributed by atoms with Crippen LogP contribution in [0.1, 0.15) is 26.7 Å². The summed E-state index contributed by atoms with van der Waals surface area (Å²) in [6, 6.07) is 0. The fraction of sp³-hybridized carbons (Fsp3) is 1.00. The Kier molecular flexibility index (Phi) is 8.02. The Hall–Kier alpha value is -0.120. The first-order valence-electron chi connectivity index (χ1n) is 6.21. The first-order chi connectivity index (χ1) is 7.05. The summed E-state index contributed by atoms with van der Waals surface area (Å²) in [6.45, 7) is 10.1. The van der Waals surface area contributed by atoms with Gasteiger partial charge in [0.2, 0.25) is 0 Å². The third-order valence-electron chi connectivity index (χ3n) is 2.93. The van der Waals surface area contributed by atoms with Gasteiger partial charge in [-0.2, -0.15) is 0 Å². The fourth-order valence-electron chi connectivity index (χ4n) is 2.01. The average molecular weight is 217 g/mol. The van der Waals surface area contributed by atoms with Gasteiger partial charge in [-0.1, -0.05) is 13.8 Å². The maximum atomic E-state index is 8.87. The van der Waals surface area contributed by atoms with Crippen LogP contribution in [0, 0.1) is 0 Å². The molecule has 0 aliphatic rings. The highest BCUT2D eigenvalue weighted by atomic mass is 16.3. The minimum atomic E-state index is 0.279. The van der Waals surface area contributed by atoms with Crippen LogP contribution in [0.15, 0.2) is 0 Å². The van der Waals surface area contributed by atoms with Gasteiger partial charge in [-0.15, -0.1) is 0 Å². The van der Waals surface area contributed by atoms with Gasteiger partial charge in [0.05, 0.1) is 33.8 Å². The van der Waals surface area contributed by atoms with Crippen LogP contribution in [0.4, 0.5) is 0 Å². The van der Waals surface area contributed by atoms with E-state index in [1.165, 1.54) is 25.9 Å². The van der Waals surface area contributed by atoms with Crippen LogP contribution in [0.25, 0.3) is 0 Å². The van der Waals surface area contributed by atoms with Gasteiger partial charge in [-0.3, -0.25) is 0 Å². The van der Waals surface area contributed by atoms with Crippen LogP contribution in [-0.2, 0) is 0 Å². The lowest BCUT2D eigenvalue weighted by Crippen LogP contribution is -2.42. The van der Waals surface area contributed by atoms with Crippen molar-refractivity contribution in [3.8, 4) is 0 Å².